The molecule has 0 saturated carbocycles. The average Bonchev–Trinajstić information content (AvgIpc) is 2.80. The van der Waals surface area contributed by atoms with E-state index < -0.39 is 0 Å². The Kier molecular flexibility index (Phi) is 8.74. The van der Waals surface area contributed by atoms with Crippen molar-refractivity contribution >= 4 is 45.0 Å². The number of thioether (sulfide) groups is 1. The van der Waals surface area contributed by atoms with Crippen LogP contribution in [0.2, 0.25) is 0 Å². The van der Waals surface area contributed by atoms with E-state index in [0.29, 0.717) is 24.1 Å². The SMILES string of the molecule is CCOC(=S)SCC(=O)N(CCc1ccc(OC)c2ccccc12)Cc1ccccc1. The minimum atomic E-state index is 0.0497. The molecule has 3 aromatic carbocycles. The molecule has 0 radical (unpaired) electrons. The molecule has 4 nitrogen and oxygen atoms in total. The van der Waals surface area contributed by atoms with Gasteiger partial charge in [0.15, 0.2) is 0 Å². The Balaban J connectivity index is 1.76. The Morgan fingerprint density at radius 3 is 2.42 bits per heavy atom. The number of nitrogens with zero attached hydrogens (tertiary/aromatic N) is 1. The molecule has 0 fully saturated rings. The van der Waals surface area contributed by atoms with Gasteiger partial charge in [-0.2, -0.15) is 0 Å². The second kappa shape index (κ2) is 11.7. The number of rotatable bonds is 9. The van der Waals surface area contributed by atoms with Crippen molar-refractivity contribution in [3.05, 3.63) is 77.9 Å². The molecule has 3 aromatic rings. The smallest absolute Gasteiger partial charge is 0.233 e. The van der Waals surface area contributed by atoms with Crippen LogP contribution in [0, 0.1) is 0 Å². The summed E-state index contributed by atoms with van der Waals surface area (Å²) in [6.45, 7) is 3.58. The van der Waals surface area contributed by atoms with Gasteiger partial charge in [0, 0.05) is 18.5 Å². The van der Waals surface area contributed by atoms with Crippen LogP contribution in [0.1, 0.15) is 18.1 Å². The maximum absolute atomic E-state index is 13.0. The van der Waals surface area contributed by atoms with Gasteiger partial charge in [0.25, 0.3) is 0 Å². The van der Waals surface area contributed by atoms with E-state index >= 15 is 0 Å². The number of hydrogen-bond acceptors (Lipinski definition) is 5. The Hall–Kier alpha value is -2.57. The molecular formula is C25H27NO3S2. The summed E-state index contributed by atoms with van der Waals surface area (Å²) in [4.78, 5) is 14.9. The number of carbonyl (C=O) groups excluding carboxylic acids is 1. The first-order chi connectivity index (χ1) is 15.1. The third-order valence-electron chi connectivity index (χ3n) is 4.99. The van der Waals surface area contributed by atoms with Crippen molar-refractivity contribution in [3.63, 3.8) is 0 Å². The fourth-order valence-corrected chi connectivity index (χ4v) is 4.37. The quantitative estimate of drug-likeness (QED) is 0.402. The van der Waals surface area contributed by atoms with E-state index in [0.717, 1.165) is 28.5 Å². The summed E-state index contributed by atoms with van der Waals surface area (Å²) >= 11 is 6.44. The summed E-state index contributed by atoms with van der Waals surface area (Å²) in [5.41, 5.74) is 2.30. The fraction of sp³-hybridized carbons (Fsp3) is 0.280. The van der Waals surface area contributed by atoms with Crippen LogP contribution in [0.5, 0.6) is 5.75 Å². The van der Waals surface area contributed by atoms with Gasteiger partial charge in [-0.1, -0.05) is 72.4 Å². The molecule has 0 atom stereocenters. The van der Waals surface area contributed by atoms with E-state index in [-0.39, 0.29) is 11.7 Å². The minimum Gasteiger partial charge on any atom is -0.496 e. The molecule has 0 aliphatic heterocycles. The molecule has 0 saturated heterocycles. The van der Waals surface area contributed by atoms with Crippen LogP contribution < -0.4 is 4.74 Å². The molecule has 0 heterocycles. The fourth-order valence-electron chi connectivity index (χ4n) is 3.45. The summed E-state index contributed by atoms with van der Waals surface area (Å²) in [5, 5.41) is 2.24. The second-order valence-corrected chi connectivity index (χ2v) is 8.57. The molecule has 162 valence electrons. The predicted molar refractivity (Wildman–Crippen MR) is 133 cm³/mol. The summed E-state index contributed by atoms with van der Waals surface area (Å²) in [6, 6.07) is 22.4. The number of methoxy groups -OCH3 is 1. The van der Waals surface area contributed by atoms with Gasteiger partial charge in [-0.25, -0.2) is 0 Å². The van der Waals surface area contributed by atoms with Crippen LogP contribution >= 0.6 is 24.0 Å². The number of amides is 1. The third kappa shape index (κ3) is 6.45. The van der Waals surface area contributed by atoms with Gasteiger partial charge in [0.05, 0.1) is 19.5 Å². The number of thiocarbonyl (C=S) groups is 1. The molecule has 0 aliphatic rings. The van der Waals surface area contributed by atoms with Gasteiger partial charge in [-0.05, 0) is 48.1 Å². The lowest BCUT2D eigenvalue weighted by molar-refractivity contribution is -0.128. The van der Waals surface area contributed by atoms with Crippen molar-refractivity contribution in [1.29, 1.82) is 0 Å². The zero-order chi connectivity index (χ0) is 22.1. The molecule has 0 aromatic heterocycles. The van der Waals surface area contributed by atoms with E-state index in [2.05, 4.69) is 18.2 Å². The van der Waals surface area contributed by atoms with Crippen LogP contribution in [0.4, 0.5) is 0 Å². The van der Waals surface area contributed by atoms with Crippen molar-refractivity contribution in [2.75, 3.05) is 26.0 Å². The highest BCUT2D eigenvalue weighted by Crippen LogP contribution is 2.28. The lowest BCUT2D eigenvalue weighted by Crippen LogP contribution is -2.34. The largest absolute Gasteiger partial charge is 0.496 e. The molecule has 0 aliphatic carbocycles. The Labute approximate surface area is 193 Å². The normalized spacial score (nSPS) is 10.6. The van der Waals surface area contributed by atoms with Gasteiger partial charge in [-0.3, -0.25) is 4.79 Å². The van der Waals surface area contributed by atoms with Gasteiger partial charge in [-0.15, -0.1) is 0 Å². The molecule has 6 heteroatoms. The van der Waals surface area contributed by atoms with E-state index in [4.69, 9.17) is 21.7 Å². The van der Waals surface area contributed by atoms with Gasteiger partial charge in [0.1, 0.15) is 5.75 Å². The first-order valence-corrected chi connectivity index (χ1v) is 11.7. The third-order valence-corrected chi connectivity index (χ3v) is 6.21. The highest BCUT2D eigenvalue weighted by molar-refractivity contribution is 8.23. The summed E-state index contributed by atoms with van der Waals surface area (Å²) in [6.07, 6.45) is 0.754. The van der Waals surface area contributed by atoms with Gasteiger partial charge < -0.3 is 14.4 Å². The predicted octanol–water partition coefficient (Wildman–Crippen LogP) is 5.47. The molecule has 1 amide bonds. The van der Waals surface area contributed by atoms with Crippen molar-refractivity contribution in [3.8, 4) is 5.75 Å². The lowest BCUT2D eigenvalue weighted by atomic mass is 10.0. The molecule has 0 bridgehead atoms. The Bertz CT molecular complexity index is 1020. The summed E-state index contributed by atoms with van der Waals surface area (Å²) in [7, 11) is 1.69. The number of benzene rings is 3. The second-order valence-electron chi connectivity index (χ2n) is 7.00. The van der Waals surface area contributed by atoms with Crippen molar-refractivity contribution in [2.24, 2.45) is 0 Å². The molecule has 0 unspecified atom stereocenters. The van der Waals surface area contributed by atoms with Crippen LogP contribution in [-0.4, -0.2) is 41.2 Å². The van der Waals surface area contributed by atoms with Crippen LogP contribution in [-0.2, 0) is 22.5 Å². The van der Waals surface area contributed by atoms with Gasteiger partial charge >= 0.3 is 0 Å². The standard InChI is InChI=1S/C25H27NO3S2/c1-3-29-25(30)31-18-24(27)26(17-19-9-5-4-6-10-19)16-15-20-13-14-23(28-2)22-12-8-7-11-21(20)22/h4-14H,3,15-18H2,1-2H3. The summed E-state index contributed by atoms with van der Waals surface area (Å²) < 4.78 is 11.2. The maximum atomic E-state index is 13.0. The summed E-state index contributed by atoms with van der Waals surface area (Å²) in [5.74, 6) is 1.18. The molecule has 0 spiro atoms. The molecule has 31 heavy (non-hydrogen) atoms. The highest BCUT2D eigenvalue weighted by Gasteiger charge is 2.16. The Morgan fingerprint density at radius 1 is 1.00 bits per heavy atom. The number of fused-ring (bicyclic) bond motifs is 1. The first-order valence-electron chi connectivity index (χ1n) is 10.3. The van der Waals surface area contributed by atoms with Crippen LogP contribution in [0.15, 0.2) is 66.7 Å². The number of carbonyl (C=O) groups is 1. The molecule has 3 rings (SSSR count). The topological polar surface area (TPSA) is 38.8 Å². The van der Waals surface area contributed by atoms with Crippen molar-refractivity contribution in [1.82, 2.24) is 4.90 Å². The van der Waals surface area contributed by atoms with Crippen molar-refractivity contribution < 1.29 is 14.3 Å². The van der Waals surface area contributed by atoms with E-state index in [9.17, 15) is 4.79 Å². The maximum Gasteiger partial charge on any atom is 0.233 e. The van der Waals surface area contributed by atoms with E-state index in [1.807, 2.05) is 60.4 Å². The molecular weight excluding hydrogens is 426 g/mol. The zero-order valence-electron chi connectivity index (χ0n) is 17.9. The zero-order valence-corrected chi connectivity index (χ0v) is 19.5. The van der Waals surface area contributed by atoms with E-state index in [1.165, 1.54) is 17.3 Å². The van der Waals surface area contributed by atoms with Gasteiger partial charge in [0.2, 0.25) is 10.3 Å². The monoisotopic (exact) mass is 453 g/mol. The number of ether oxygens (including phenoxy) is 2. The average molecular weight is 454 g/mol. The Morgan fingerprint density at radius 2 is 1.71 bits per heavy atom. The van der Waals surface area contributed by atoms with Crippen molar-refractivity contribution in [2.45, 2.75) is 19.9 Å². The van der Waals surface area contributed by atoms with Crippen LogP contribution in [0.3, 0.4) is 0 Å². The molecule has 0 N–H and O–H groups in total. The minimum absolute atomic E-state index is 0.0497. The first kappa shape index (κ1) is 23.1. The highest BCUT2D eigenvalue weighted by atomic mass is 32.2. The van der Waals surface area contributed by atoms with Crippen LogP contribution in [0.25, 0.3) is 10.8 Å². The number of hydrogen-bond donors (Lipinski definition) is 0. The van der Waals surface area contributed by atoms with E-state index in [1.54, 1.807) is 7.11 Å². The lowest BCUT2D eigenvalue weighted by Gasteiger charge is -2.23.